The minimum atomic E-state index is -0.554. The number of nitrogens with zero attached hydrogens (tertiary/aromatic N) is 1. The highest BCUT2D eigenvalue weighted by atomic mass is 32.2. The molecule has 1 amide bonds. The molecular formula is C17H27N3OS. The lowest BCUT2D eigenvalue weighted by atomic mass is 9.53. The van der Waals surface area contributed by atoms with E-state index in [-0.39, 0.29) is 17.4 Å². The minimum absolute atomic E-state index is 0.0680. The Labute approximate surface area is 137 Å². The van der Waals surface area contributed by atoms with Gasteiger partial charge in [-0.3, -0.25) is 15.1 Å². The zero-order chi connectivity index (χ0) is 15.5. The Morgan fingerprint density at radius 2 is 1.73 bits per heavy atom. The summed E-state index contributed by atoms with van der Waals surface area (Å²) in [6.45, 7) is 4.19. The molecule has 122 valence electrons. The van der Waals surface area contributed by atoms with Crippen molar-refractivity contribution in [3.8, 4) is 0 Å². The topological polar surface area (TPSA) is 53.5 Å². The lowest BCUT2D eigenvalue weighted by molar-refractivity contribution is -0.123. The van der Waals surface area contributed by atoms with Crippen LogP contribution in [0.15, 0.2) is 4.99 Å². The van der Waals surface area contributed by atoms with E-state index < -0.39 is 4.87 Å². The van der Waals surface area contributed by atoms with Crippen LogP contribution in [0.1, 0.15) is 52.4 Å². The number of hydrogen-bond donors (Lipinski definition) is 2. The molecule has 4 saturated carbocycles. The first kappa shape index (κ1) is 15.0. The molecule has 0 radical (unpaired) electrons. The molecule has 5 heteroatoms. The number of thioether (sulfide) groups is 1. The summed E-state index contributed by atoms with van der Waals surface area (Å²) in [5, 5.41) is 7.15. The molecule has 1 saturated heterocycles. The standard InChI is InChI=1S/C17H27N3OS/c1-10(2)17(18-3)14(21)19-15(22-17)20-16-7-11-4-12(8-16)6-13(5-11)9-16/h10-13,18H,4-9H2,1-3H3,(H,19,20,21). The number of carbonyl (C=O) groups excluding carboxylic acids is 1. The van der Waals surface area contributed by atoms with Crippen molar-refractivity contribution in [2.24, 2.45) is 28.7 Å². The average molecular weight is 321 g/mol. The summed E-state index contributed by atoms with van der Waals surface area (Å²) < 4.78 is 0. The lowest BCUT2D eigenvalue weighted by Gasteiger charge is -2.55. The molecule has 0 aromatic carbocycles. The Bertz CT molecular complexity index is 495. The van der Waals surface area contributed by atoms with Gasteiger partial charge in [0.15, 0.2) is 10.0 Å². The fourth-order valence-electron chi connectivity index (χ4n) is 5.72. The van der Waals surface area contributed by atoms with Crippen LogP contribution < -0.4 is 10.6 Å². The second-order valence-electron chi connectivity index (χ2n) is 8.26. The van der Waals surface area contributed by atoms with E-state index in [2.05, 4.69) is 24.5 Å². The Morgan fingerprint density at radius 1 is 1.18 bits per heavy atom. The van der Waals surface area contributed by atoms with Gasteiger partial charge in [0, 0.05) is 0 Å². The van der Waals surface area contributed by atoms with Gasteiger partial charge in [0.1, 0.15) is 0 Å². The van der Waals surface area contributed by atoms with Gasteiger partial charge in [-0.05, 0) is 69.2 Å². The van der Waals surface area contributed by atoms with E-state index >= 15 is 0 Å². The number of amides is 1. The highest BCUT2D eigenvalue weighted by Crippen LogP contribution is 2.57. The van der Waals surface area contributed by atoms with Gasteiger partial charge in [0.05, 0.1) is 5.54 Å². The van der Waals surface area contributed by atoms with Crippen LogP contribution in [0.4, 0.5) is 0 Å². The fourth-order valence-corrected chi connectivity index (χ4v) is 6.89. The second kappa shape index (κ2) is 4.97. The molecule has 4 bridgehead atoms. The number of aliphatic imine (C=N–C) groups is 1. The first-order valence-electron chi connectivity index (χ1n) is 8.74. The van der Waals surface area contributed by atoms with E-state index in [1.807, 2.05) is 7.05 Å². The van der Waals surface area contributed by atoms with Gasteiger partial charge in [0.2, 0.25) is 0 Å². The first-order valence-corrected chi connectivity index (χ1v) is 9.55. The minimum Gasteiger partial charge on any atom is -0.303 e. The normalized spacial score (nSPS) is 48.5. The maximum Gasteiger partial charge on any atom is 0.257 e. The number of carbonyl (C=O) groups is 1. The lowest BCUT2D eigenvalue weighted by Crippen LogP contribution is -2.51. The van der Waals surface area contributed by atoms with Crippen molar-refractivity contribution in [3.63, 3.8) is 0 Å². The van der Waals surface area contributed by atoms with Gasteiger partial charge >= 0.3 is 0 Å². The first-order chi connectivity index (χ1) is 10.4. The van der Waals surface area contributed by atoms with Crippen LogP contribution in [0, 0.1) is 23.7 Å². The molecule has 0 aromatic heterocycles. The number of likely N-dealkylation sites (N-methyl/N-ethyl adjacent to an activating group) is 1. The van der Waals surface area contributed by atoms with Crippen molar-refractivity contribution in [3.05, 3.63) is 0 Å². The number of amidine groups is 1. The quantitative estimate of drug-likeness (QED) is 0.840. The predicted molar refractivity (Wildman–Crippen MR) is 90.7 cm³/mol. The Hall–Kier alpha value is -0.550. The molecule has 1 unspecified atom stereocenters. The largest absolute Gasteiger partial charge is 0.303 e. The van der Waals surface area contributed by atoms with E-state index in [4.69, 9.17) is 4.99 Å². The summed E-state index contributed by atoms with van der Waals surface area (Å²) >= 11 is 1.60. The van der Waals surface area contributed by atoms with Crippen LogP contribution >= 0.6 is 11.8 Å². The van der Waals surface area contributed by atoms with Crippen molar-refractivity contribution in [2.75, 3.05) is 7.05 Å². The van der Waals surface area contributed by atoms with Gasteiger partial charge in [-0.15, -0.1) is 0 Å². The zero-order valence-corrected chi connectivity index (χ0v) is 14.6. The molecule has 0 aromatic rings. The Morgan fingerprint density at radius 3 is 2.14 bits per heavy atom. The summed E-state index contributed by atoms with van der Waals surface area (Å²) in [6.07, 6.45) is 8.01. The molecule has 4 aliphatic carbocycles. The monoisotopic (exact) mass is 321 g/mol. The summed E-state index contributed by atoms with van der Waals surface area (Å²) in [5.41, 5.74) is 0.130. The SMILES string of the molecule is CNC1(C(C)C)SC(=NC23CC4CC(CC(C4)C2)C3)NC1=O. The van der Waals surface area contributed by atoms with Gasteiger partial charge in [-0.25, -0.2) is 0 Å². The van der Waals surface area contributed by atoms with Gasteiger partial charge < -0.3 is 5.32 Å². The van der Waals surface area contributed by atoms with E-state index in [9.17, 15) is 4.79 Å². The molecular weight excluding hydrogens is 294 g/mol. The molecule has 22 heavy (non-hydrogen) atoms. The molecule has 0 spiro atoms. The summed E-state index contributed by atoms with van der Waals surface area (Å²) in [4.78, 5) is 17.1. The molecule has 5 rings (SSSR count). The number of hydrogen-bond acceptors (Lipinski definition) is 4. The number of rotatable bonds is 3. The summed E-state index contributed by atoms with van der Waals surface area (Å²) in [6, 6.07) is 0. The average Bonchev–Trinajstić information content (AvgIpc) is 2.73. The summed E-state index contributed by atoms with van der Waals surface area (Å²) in [7, 11) is 1.88. The third-order valence-corrected chi connectivity index (χ3v) is 7.91. The second-order valence-corrected chi connectivity index (χ2v) is 9.49. The fraction of sp³-hybridized carbons (Fsp3) is 0.882. The van der Waals surface area contributed by atoms with Crippen molar-refractivity contribution in [1.82, 2.24) is 10.6 Å². The van der Waals surface area contributed by atoms with Gasteiger partial charge in [-0.2, -0.15) is 0 Å². The highest BCUT2D eigenvalue weighted by Gasteiger charge is 2.53. The third kappa shape index (κ3) is 2.15. The maximum absolute atomic E-state index is 12.5. The van der Waals surface area contributed by atoms with Crippen LogP contribution in [0.3, 0.4) is 0 Å². The molecule has 1 atom stereocenters. The molecule has 4 nitrogen and oxygen atoms in total. The molecule has 2 N–H and O–H groups in total. The molecule has 1 heterocycles. The third-order valence-electron chi connectivity index (χ3n) is 6.34. The zero-order valence-electron chi connectivity index (χ0n) is 13.8. The van der Waals surface area contributed by atoms with Crippen molar-refractivity contribution in [1.29, 1.82) is 0 Å². The number of nitrogens with one attached hydrogen (secondary N) is 2. The van der Waals surface area contributed by atoms with Gasteiger partial charge in [0.25, 0.3) is 5.91 Å². The molecule has 5 aliphatic rings. The van der Waals surface area contributed by atoms with Crippen LogP contribution in [0.2, 0.25) is 0 Å². The predicted octanol–water partition coefficient (Wildman–Crippen LogP) is 2.75. The van der Waals surface area contributed by atoms with Crippen LogP contribution in [0.5, 0.6) is 0 Å². The molecule has 5 fully saturated rings. The van der Waals surface area contributed by atoms with Gasteiger partial charge in [-0.1, -0.05) is 25.6 Å². The van der Waals surface area contributed by atoms with E-state index in [1.165, 1.54) is 38.5 Å². The van der Waals surface area contributed by atoms with Crippen LogP contribution in [0.25, 0.3) is 0 Å². The van der Waals surface area contributed by atoms with E-state index in [1.54, 1.807) is 11.8 Å². The van der Waals surface area contributed by atoms with Crippen molar-refractivity contribution >= 4 is 22.8 Å². The van der Waals surface area contributed by atoms with Crippen LogP contribution in [-0.4, -0.2) is 28.5 Å². The summed E-state index contributed by atoms with van der Waals surface area (Å²) in [5.74, 6) is 2.95. The van der Waals surface area contributed by atoms with Crippen LogP contribution in [-0.2, 0) is 4.79 Å². The maximum atomic E-state index is 12.5. The molecule has 1 aliphatic heterocycles. The smallest absolute Gasteiger partial charge is 0.257 e. The van der Waals surface area contributed by atoms with E-state index in [0.717, 1.165) is 22.9 Å². The van der Waals surface area contributed by atoms with E-state index in [0.29, 0.717) is 0 Å². The Balaban J connectivity index is 1.60. The highest BCUT2D eigenvalue weighted by molar-refractivity contribution is 8.16. The van der Waals surface area contributed by atoms with Crippen molar-refractivity contribution in [2.45, 2.75) is 62.8 Å². The van der Waals surface area contributed by atoms with Crippen molar-refractivity contribution < 1.29 is 4.79 Å². The Kier molecular flexibility index (Phi) is 3.39.